The van der Waals surface area contributed by atoms with Crippen LogP contribution >= 0.6 is 0 Å². The highest BCUT2D eigenvalue weighted by Crippen LogP contribution is 2.33. The topological polar surface area (TPSA) is 35.5 Å². The summed E-state index contributed by atoms with van der Waals surface area (Å²) < 4.78 is 14.3. The number of benzene rings is 1. The highest BCUT2D eigenvalue weighted by molar-refractivity contribution is 5.56. The minimum absolute atomic E-state index is 0.0950. The lowest BCUT2D eigenvalue weighted by molar-refractivity contribution is 0.0447. The molecule has 0 aliphatic carbocycles. The van der Waals surface area contributed by atoms with E-state index in [9.17, 15) is 9.50 Å². The Morgan fingerprint density at radius 1 is 1.50 bits per heavy atom. The molecular formula is C16H25FN2O. The zero-order chi connectivity index (χ0) is 14.8. The van der Waals surface area contributed by atoms with Crippen molar-refractivity contribution in [1.29, 1.82) is 0 Å². The quantitative estimate of drug-likeness (QED) is 0.890. The van der Waals surface area contributed by atoms with Crippen molar-refractivity contribution in [2.24, 2.45) is 0 Å². The van der Waals surface area contributed by atoms with E-state index in [1.807, 2.05) is 31.7 Å². The molecule has 1 saturated heterocycles. The third-order valence-electron chi connectivity index (χ3n) is 3.99. The fraction of sp³-hybridized carbons (Fsp3) is 0.625. The number of hydrogen-bond donors (Lipinski definition) is 2. The molecule has 0 spiro atoms. The first-order valence-corrected chi connectivity index (χ1v) is 7.44. The van der Waals surface area contributed by atoms with Crippen LogP contribution in [0.15, 0.2) is 18.2 Å². The van der Waals surface area contributed by atoms with E-state index in [2.05, 4.69) is 5.32 Å². The molecule has 1 aromatic rings. The third kappa shape index (κ3) is 3.30. The molecule has 1 aliphatic heterocycles. The summed E-state index contributed by atoms with van der Waals surface area (Å²) in [5.74, 6) is -0.204. The van der Waals surface area contributed by atoms with Crippen molar-refractivity contribution in [3.63, 3.8) is 0 Å². The van der Waals surface area contributed by atoms with Gasteiger partial charge in [0.25, 0.3) is 0 Å². The highest BCUT2D eigenvalue weighted by Gasteiger charge is 2.31. The van der Waals surface area contributed by atoms with Gasteiger partial charge in [0.2, 0.25) is 0 Å². The summed E-state index contributed by atoms with van der Waals surface area (Å²) in [6, 6.07) is 5.32. The highest BCUT2D eigenvalue weighted by atomic mass is 19.1. The summed E-state index contributed by atoms with van der Waals surface area (Å²) in [6.45, 7) is 8.04. The Balaban J connectivity index is 2.34. The Hall–Kier alpha value is -1.13. The number of nitrogens with zero attached hydrogens (tertiary/aromatic N) is 1. The van der Waals surface area contributed by atoms with E-state index in [1.54, 1.807) is 6.07 Å². The summed E-state index contributed by atoms with van der Waals surface area (Å²) in [6.07, 6.45) is 1.66. The molecule has 0 amide bonds. The Morgan fingerprint density at radius 2 is 2.25 bits per heavy atom. The maximum atomic E-state index is 14.3. The van der Waals surface area contributed by atoms with E-state index < -0.39 is 5.60 Å². The van der Waals surface area contributed by atoms with Crippen molar-refractivity contribution in [2.45, 2.75) is 45.3 Å². The molecule has 112 valence electrons. The number of rotatable bonds is 4. The van der Waals surface area contributed by atoms with E-state index in [0.717, 1.165) is 31.5 Å². The SMILES string of the molecule is CCNC(C)c1cccc(F)c1N1CCCC(C)(O)C1. The van der Waals surface area contributed by atoms with Crippen LogP contribution in [-0.4, -0.2) is 30.3 Å². The van der Waals surface area contributed by atoms with Crippen molar-refractivity contribution in [1.82, 2.24) is 5.32 Å². The van der Waals surface area contributed by atoms with E-state index in [4.69, 9.17) is 0 Å². The fourth-order valence-electron chi connectivity index (χ4n) is 3.04. The normalized spacial score (nSPS) is 24.8. The molecule has 0 saturated carbocycles. The lowest BCUT2D eigenvalue weighted by Gasteiger charge is -2.39. The van der Waals surface area contributed by atoms with Crippen molar-refractivity contribution in [2.75, 3.05) is 24.5 Å². The summed E-state index contributed by atoms with van der Waals surface area (Å²) >= 11 is 0. The molecule has 0 aromatic heterocycles. The van der Waals surface area contributed by atoms with Gasteiger partial charge in [-0.05, 0) is 44.9 Å². The predicted octanol–water partition coefficient (Wildman–Crippen LogP) is 2.85. The summed E-state index contributed by atoms with van der Waals surface area (Å²) in [5.41, 5.74) is 0.865. The van der Waals surface area contributed by atoms with Crippen LogP contribution in [0.4, 0.5) is 10.1 Å². The largest absolute Gasteiger partial charge is 0.388 e. The van der Waals surface area contributed by atoms with Gasteiger partial charge in [0.15, 0.2) is 0 Å². The Bertz CT molecular complexity index is 462. The monoisotopic (exact) mass is 280 g/mol. The molecule has 1 aliphatic rings. The number of aliphatic hydroxyl groups is 1. The molecule has 0 radical (unpaired) electrons. The number of para-hydroxylation sites is 1. The molecule has 0 bridgehead atoms. The van der Waals surface area contributed by atoms with Gasteiger partial charge in [0.05, 0.1) is 11.3 Å². The molecule has 3 nitrogen and oxygen atoms in total. The second kappa shape index (κ2) is 6.10. The van der Waals surface area contributed by atoms with E-state index in [-0.39, 0.29) is 11.9 Å². The summed E-state index contributed by atoms with van der Waals surface area (Å²) in [5, 5.41) is 13.6. The molecule has 2 N–H and O–H groups in total. The number of halogens is 1. The summed E-state index contributed by atoms with van der Waals surface area (Å²) in [4.78, 5) is 1.99. The predicted molar refractivity (Wildman–Crippen MR) is 80.6 cm³/mol. The van der Waals surface area contributed by atoms with Crippen LogP contribution in [0.5, 0.6) is 0 Å². The van der Waals surface area contributed by atoms with Gasteiger partial charge < -0.3 is 15.3 Å². The van der Waals surface area contributed by atoms with Crippen molar-refractivity contribution in [3.05, 3.63) is 29.6 Å². The van der Waals surface area contributed by atoms with Crippen molar-refractivity contribution >= 4 is 5.69 Å². The van der Waals surface area contributed by atoms with Gasteiger partial charge in [-0.15, -0.1) is 0 Å². The number of piperidine rings is 1. The zero-order valence-electron chi connectivity index (χ0n) is 12.6. The van der Waals surface area contributed by atoms with E-state index >= 15 is 0 Å². The molecule has 2 atom stereocenters. The van der Waals surface area contributed by atoms with Crippen LogP contribution in [-0.2, 0) is 0 Å². The van der Waals surface area contributed by atoms with Crippen LogP contribution in [0.2, 0.25) is 0 Å². The maximum Gasteiger partial charge on any atom is 0.146 e. The van der Waals surface area contributed by atoms with Crippen molar-refractivity contribution in [3.8, 4) is 0 Å². The first-order chi connectivity index (χ1) is 9.44. The standard InChI is InChI=1S/C16H25FN2O/c1-4-18-12(2)13-7-5-8-14(17)15(13)19-10-6-9-16(3,20)11-19/h5,7-8,12,18,20H,4,6,9-11H2,1-3H3. The van der Waals surface area contributed by atoms with Gasteiger partial charge in [-0.1, -0.05) is 19.1 Å². The average Bonchev–Trinajstić information content (AvgIpc) is 2.37. The molecule has 1 fully saturated rings. The molecule has 2 rings (SSSR count). The average molecular weight is 280 g/mol. The molecular weight excluding hydrogens is 255 g/mol. The van der Waals surface area contributed by atoms with E-state index in [0.29, 0.717) is 12.2 Å². The molecule has 2 unspecified atom stereocenters. The van der Waals surface area contributed by atoms with Crippen LogP contribution < -0.4 is 10.2 Å². The summed E-state index contributed by atoms with van der Waals surface area (Å²) in [7, 11) is 0. The first kappa shape index (κ1) is 15.3. The lowest BCUT2D eigenvalue weighted by atomic mass is 9.93. The van der Waals surface area contributed by atoms with Gasteiger partial charge in [-0.2, -0.15) is 0 Å². The number of hydrogen-bond acceptors (Lipinski definition) is 3. The first-order valence-electron chi connectivity index (χ1n) is 7.44. The van der Waals surface area contributed by atoms with Gasteiger partial charge in [-0.25, -0.2) is 4.39 Å². The van der Waals surface area contributed by atoms with Crippen LogP contribution in [0.3, 0.4) is 0 Å². The van der Waals surface area contributed by atoms with Gasteiger partial charge in [-0.3, -0.25) is 0 Å². The Morgan fingerprint density at radius 3 is 2.90 bits per heavy atom. The third-order valence-corrected chi connectivity index (χ3v) is 3.99. The number of anilines is 1. The second-order valence-electron chi connectivity index (χ2n) is 5.98. The number of β-amino-alcohol motifs (C(OH)–C–C–N with tert-alkyl or cyclic N) is 1. The van der Waals surface area contributed by atoms with Gasteiger partial charge in [0.1, 0.15) is 5.82 Å². The Kier molecular flexibility index (Phi) is 4.66. The van der Waals surface area contributed by atoms with Gasteiger partial charge >= 0.3 is 0 Å². The number of nitrogens with one attached hydrogen (secondary N) is 1. The minimum atomic E-state index is -0.737. The van der Waals surface area contributed by atoms with Crippen LogP contribution in [0, 0.1) is 5.82 Å². The second-order valence-corrected chi connectivity index (χ2v) is 5.98. The molecule has 20 heavy (non-hydrogen) atoms. The molecule has 1 heterocycles. The van der Waals surface area contributed by atoms with Crippen molar-refractivity contribution < 1.29 is 9.50 Å². The minimum Gasteiger partial charge on any atom is -0.388 e. The smallest absolute Gasteiger partial charge is 0.146 e. The lowest BCUT2D eigenvalue weighted by Crippen LogP contribution is -2.47. The maximum absolute atomic E-state index is 14.3. The molecule has 4 heteroatoms. The zero-order valence-corrected chi connectivity index (χ0v) is 12.6. The fourth-order valence-corrected chi connectivity index (χ4v) is 3.04. The Labute approximate surface area is 120 Å². The van der Waals surface area contributed by atoms with Crippen LogP contribution in [0.1, 0.15) is 45.2 Å². The van der Waals surface area contributed by atoms with Crippen LogP contribution in [0.25, 0.3) is 0 Å². The van der Waals surface area contributed by atoms with Gasteiger partial charge in [0, 0.05) is 19.1 Å². The van der Waals surface area contributed by atoms with E-state index in [1.165, 1.54) is 6.07 Å². The molecule has 1 aromatic carbocycles.